The number of halogens is 3. The van der Waals surface area contributed by atoms with Gasteiger partial charge in [-0.15, -0.1) is 0 Å². The van der Waals surface area contributed by atoms with Crippen molar-refractivity contribution >= 4 is 11.7 Å². The summed E-state index contributed by atoms with van der Waals surface area (Å²) in [6, 6.07) is 3.20. The lowest BCUT2D eigenvalue weighted by Gasteiger charge is -2.16. The van der Waals surface area contributed by atoms with E-state index in [9.17, 15) is 18.0 Å². The van der Waals surface area contributed by atoms with Crippen molar-refractivity contribution in [3.63, 3.8) is 0 Å². The van der Waals surface area contributed by atoms with Crippen molar-refractivity contribution in [3.05, 3.63) is 41.5 Å². The molecule has 0 radical (unpaired) electrons. The molecule has 0 atom stereocenters. The molecule has 1 aromatic carbocycles. The average Bonchev–Trinajstić information content (AvgIpc) is 2.80. The Labute approximate surface area is 107 Å². The number of benzene rings is 1. The van der Waals surface area contributed by atoms with Crippen LogP contribution in [0.25, 0.3) is 0 Å². The number of carboxylic acids is 1. The third kappa shape index (κ3) is 3.07. The number of rotatable bonds is 3. The lowest BCUT2D eigenvalue weighted by atomic mass is 10.1. The van der Waals surface area contributed by atoms with Crippen LogP contribution in [-0.4, -0.2) is 17.1 Å². The van der Waals surface area contributed by atoms with Crippen molar-refractivity contribution in [2.75, 3.05) is 5.32 Å². The summed E-state index contributed by atoms with van der Waals surface area (Å²) in [6.07, 6.45) is 0.841. The number of nitrogens with one attached hydrogen (secondary N) is 1. The maximum Gasteiger partial charge on any atom is 0.417 e. The number of carboxylic acid groups (broad SMARTS) is 1. The van der Waals surface area contributed by atoms with Crippen LogP contribution < -0.4 is 5.32 Å². The molecule has 19 heavy (non-hydrogen) atoms. The first-order valence-corrected chi connectivity index (χ1v) is 5.74. The van der Waals surface area contributed by atoms with E-state index < -0.39 is 23.3 Å². The van der Waals surface area contributed by atoms with E-state index in [4.69, 9.17) is 5.11 Å². The third-order valence-electron chi connectivity index (χ3n) is 2.93. The van der Waals surface area contributed by atoms with E-state index in [0.29, 0.717) is 5.69 Å². The monoisotopic (exact) mass is 271 g/mol. The molecule has 6 heteroatoms. The molecule has 0 bridgehead atoms. The highest BCUT2D eigenvalue weighted by Gasteiger charge is 2.35. The van der Waals surface area contributed by atoms with Crippen LogP contribution in [0.2, 0.25) is 0 Å². The fraction of sp³-hybridized carbons (Fsp3) is 0.308. The van der Waals surface area contributed by atoms with Crippen LogP contribution >= 0.6 is 0 Å². The van der Waals surface area contributed by atoms with E-state index in [1.165, 1.54) is 6.07 Å². The minimum atomic E-state index is -4.67. The minimum absolute atomic E-state index is 0.110. The molecule has 0 heterocycles. The molecule has 2 rings (SSSR count). The molecule has 0 amide bonds. The van der Waals surface area contributed by atoms with Crippen molar-refractivity contribution in [1.82, 2.24) is 0 Å². The Hall–Kier alpha value is -1.98. The molecule has 0 aromatic heterocycles. The van der Waals surface area contributed by atoms with Crippen LogP contribution in [0.1, 0.15) is 28.8 Å². The zero-order valence-electron chi connectivity index (χ0n) is 9.87. The predicted molar refractivity (Wildman–Crippen MR) is 64.2 cm³/mol. The highest BCUT2D eigenvalue weighted by molar-refractivity contribution is 5.91. The van der Waals surface area contributed by atoms with Gasteiger partial charge in [0, 0.05) is 11.7 Å². The summed E-state index contributed by atoms with van der Waals surface area (Å²) in [5.41, 5.74) is -1.47. The SMILES string of the molecule is O=C(O)c1cc(NC2CC=CC2)ccc1C(F)(F)F. The smallest absolute Gasteiger partial charge is 0.417 e. The van der Waals surface area contributed by atoms with Gasteiger partial charge in [-0.2, -0.15) is 13.2 Å². The lowest BCUT2D eigenvalue weighted by molar-refractivity contribution is -0.138. The average molecular weight is 271 g/mol. The number of alkyl halides is 3. The van der Waals surface area contributed by atoms with Gasteiger partial charge in [-0.05, 0) is 31.0 Å². The van der Waals surface area contributed by atoms with Crippen molar-refractivity contribution in [2.45, 2.75) is 25.1 Å². The van der Waals surface area contributed by atoms with Gasteiger partial charge in [0.25, 0.3) is 0 Å². The van der Waals surface area contributed by atoms with Gasteiger partial charge < -0.3 is 10.4 Å². The standard InChI is InChI=1S/C13H12F3NO2/c14-13(15,16)11-6-5-9(7-10(11)12(18)19)17-8-3-1-2-4-8/h1-2,5-8,17H,3-4H2,(H,18,19). The van der Waals surface area contributed by atoms with Gasteiger partial charge in [-0.1, -0.05) is 12.2 Å². The van der Waals surface area contributed by atoms with Gasteiger partial charge in [-0.25, -0.2) is 4.79 Å². The molecular weight excluding hydrogens is 259 g/mol. The Morgan fingerprint density at radius 3 is 2.42 bits per heavy atom. The molecule has 0 spiro atoms. The highest BCUT2D eigenvalue weighted by atomic mass is 19.4. The zero-order valence-corrected chi connectivity index (χ0v) is 9.87. The van der Waals surface area contributed by atoms with Crippen molar-refractivity contribution in [2.24, 2.45) is 0 Å². The first kappa shape index (κ1) is 13.5. The largest absolute Gasteiger partial charge is 0.478 e. The highest BCUT2D eigenvalue weighted by Crippen LogP contribution is 2.33. The fourth-order valence-electron chi connectivity index (χ4n) is 2.03. The Balaban J connectivity index is 2.28. The van der Waals surface area contributed by atoms with Crippen LogP contribution in [0.4, 0.5) is 18.9 Å². The maximum absolute atomic E-state index is 12.7. The van der Waals surface area contributed by atoms with Gasteiger partial charge in [0.05, 0.1) is 11.1 Å². The lowest BCUT2D eigenvalue weighted by Crippen LogP contribution is -2.17. The summed E-state index contributed by atoms with van der Waals surface area (Å²) >= 11 is 0. The van der Waals surface area contributed by atoms with Crippen molar-refractivity contribution in [3.8, 4) is 0 Å². The van der Waals surface area contributed by atoms with E-state index in [0.717, 1.165) is 25.0 Å². The van der Waals surface area contributed by atoms with Gasteiger partial charge in [0.15, 0.2) is 0 Å². The number of anilines is 1. The molecule has 102 valence electrons. The summed E-state index contributed by atoms with van der Waals surface area (Å²) in [6.45, 7) is 0. The molecule has 1 aromatic rings. The normalized spacial score (nSPS) is 15.7. The van der Waals surface area contributed by atoms with E-state index in [1.807, 2.05) is 12.2 Å². The molecule has 0 unspecified atom stereocenters. The van der Waals surface area contributed by atoms with Crippen LogP contribution in [0.5, 0.6) is 0 Å². The number of carbonyl (C=O) groups is 1. The quantitative estimate of drug-likeness (QED) is 0.827. The molecule has 1 aliphatic rings. The van der Waals surface area contributed by atoms with Gasteiger partial charge in [0.2, 0.25) is 0 Å². The van der Waals surface area contributed by atoms with Gasteiger partial charge >= 0.3 is 12.1 Å². The summed E-state index contributed by atoms with van der Waals surface area (Å²) in [4.78, 5) is 10.9. The van der Waals surface area contributed by atoms with Crippen molar-refractivity contribution < 1.29 is 23.1 Å². The summed E-state index contributed by atoms with van der Waals surface area (Å²) < 4.78 is 38.0. The fourth-order valence-corrected chi connectivity index (χ4v) is 2.03. The second-order valence-electron chi connectivity index (χ2n) is 4.35. The Bertz CT molecular complexity index is 515. The third-order valence-corrected chi connectivity index (χ3v) is 2.93. The molecule has 3 nitrogen and oxygen atoms in total. The molecule has 0 saturated carbocycles. The summed E-state index contributed by atoms with van der Waals surface area (Å²) in [5.74, 6) is -1.58. The summed E-state index contributed by atoms with van der Waals surface area (Å²) in [5, 5.41) is 11.9. The Morgan fingerprint density at radius 2 is 1.89 bits per heavy atom. The van der Waals surface area contributed by atoms with E-state index >= 15 is 0 Å². The molecule has 1 aliphatic carbocycles. The van der Waals surface area contributed by atoms with E-state index in [1.54, 1.807) is 0 Å². The first-order valence-electron chi connectivity index (χ1n) is 5.74. The molecule has 0 fully saturated rings. The maximum atomic E-state index is 12.7. The number of aromatic carboxylic acids is 1. The Morgan fingerprint density at radius 1 is 1.26 bits per heavy atom. The van der Waals surface area contributed by atoms with E-state index in [-0.39, 0.29) is 6.04 Å². The second-order valence-corrected chi connectivity index (χ2v) is 4.35. The van der Waals surface area contributed by atoms with Crippen LogP contribution in [-0.2, 0) is 6.18 Å². The van der Waals surface area contributed by atoms with Crippen LogP contribution in [0, 0.1) is 0 Å². The first-order chi connectivity index (χ1) is 8.88. The summed E-state index contributed by atoms with van der Waals surface area (Å²) in [7, 11) is 0. The Kier molecular flexibility index (Phi) is 3.50. The minimum Gasteiger partial charge on any atom is -0.478 e. The zero-order chi connectivity index (χ0) is 14.0. The van der Waals surface area contributed by atoms with Crippen LogP contribution in [0.3, 0.4) is 0 Å². The van der Waals surface area contributed by atoms with Gasteiger partial charge in [0.1, 0.15) is 0 Å². The molecule has 0 saturated heterocycles. The second kappa shape index (κ2) is 4.95. The van der Waals surface area contributed by atoms with E-state index in [2.05, 4.69) is 5.32 Å². The molecule has 2 N–H and O–H groups in total. The topological polar surface area (TPSA) is 49.3 Å². The number of hydrogen-bond donors (Lipinski definition) is 2. The van der Waals surface area contributed by atoms with Crippen molar-refractivity contribution in [1.29, 1.82) is 0 Å². The molecule has 0 aliphatic heterocycles. The predicted octanol–water partition coefficient (Wildman–Crippen LogP) is 3.53. The van der Waals surface area contributed by atoms with Gasteiger partial charge in [-0.3, -0.25) is 0 Å². The number of hydrogen-bond acceptors (Lipinski definition) is 2. The molecular formula is C13H12F3NO2. The van der Waals surface area contributed by atoms with Crippen LogP contribution in [0.15, 0.2) is 30.4 Å².